The molecule has 2 aromatic rings. The first-order chi connectivity index (χ1) is 16.5. The summed E-state index contributed by atoms with van der Waals surface area (Å²) in [6.07, 6.45) is -0.792. The van der Waals surface area contributed by atoms with Crippen LogP contribution in [-0.2, 0) is 20.7 Å². The van der Waals surface area contributed by atoms with Crippen LogP contribution >= 0.6 is 0 Å². The van der Waals surface area contributed by atoms with E-state index in [2.05, 4.69) is 26.0 Å². The lowest BCUT2D eigenvalue weighted by atomic mass is 9.98. The highest BCUT2D eigenvalue weighted by Gasteiger charge is 2.39. The van der Waals surface area contributed by atoms with Crippen molar-refractivity contribution < 1.29 is 23.8 Å². The summed E-state index contributed by atoms with van der Waals surface area (Å²) in [5.74, 6) is 0.183. The van der Waals surface area contributed by atoms with Crippen molar-refractivity contribution >= 4 is 12.1 Å². The number of aromatic nitrogens is 2. The Labute approximate surface area is 207 Å². The maximum absolute atomic E-state index is 13.0. The minimum absolute atomic E-state index is 0.147. The molecule has 9 heteroatoms. The molecule has 3 rings (SSSR count). The molecule has 1 aromatic heterocycles. The third kappa shape index (κ3) is 5.96. The summed E-state index contributed by atoms with van der Waals surface area (Å²) in [7, 11) is 0. The number of hydrogen-bond donors (Lipinski definition) is 1. The van der Waals surface area contributed by atoms with Crippen molar-refractivity contribution in [3.63, 3.8) is 0 Å². The number of hydrogen-bond acceptors (Lipinski definition) is 7. The maximum atomic E-state index is 13.0. The van der Waals surface area contributed by atoms with Gasteiger partial charge in [-0.2, -0.15) is 0 Å². The molecule has 1 amide bonds. The average molecular weight is 487 g/mol. The number of rotatable bonds is 7. The smallest absolute Gasteiger partial charge is 0.410 e. The highest BCUT2D eigenvalue weighted by Crippen LogP contribution is 2.38. The van der Waals surface area contributed by atoms with Crippen LogP contribution in [0.3, 0.4) is 0 Å². The Kier molecular flexibility index (Phi) is 8.10. The van der Waals surface area contributed by atoms with Gasteiger partial charge in [-0.1, -0.05) is 26.0 Å². The Morgan fingerprint density at radius 1 is 1.17 bits per heavy atom. The molecule has 0 radical (unpaired) electrons. The molecule has 0 spiro atoms. The number of carbonyl (C=O) groups is 2. The molecular formula is C26H38N4O5. The van der Waals surface area contributed by atoms with Crippen LogP contribution in [0.4, 0.5) is 4.79 Å². The summed E-state index contributed by atoms with van der Waals surface area (Å²) in [5.41, 5.74) is 9.21. The fourth-order valence-corrected chi connectivity index (χ4v) is 4.12. The third-order valence-electron chi connectivity index (χ3n) is 5.85. The normalized spacial score (nSPS) is 16.6. The topological polar surface area (TPSA) is 109 Å². The summed E-state index contributed by atoms with van der Waals surface area (Å²) in [5, 5.41) is 4.74. The summed E-state index contributed by atoms with van der Waals surface area (Å²) in [6, 6.07) is 7.66. The van der Waals surface area contributed by atoms with Gasteiger partial charge in [-0.3, -0.25) is 4.90 Å². The fraction of sp³-hybridized carbons (Fsp3) is 0.577. The molecule has 0 saturated heterocycles. The Balaban J connectivity index is 2.06. The Hall–Kier alpha value is -3.07. The lowest BCUT2D eigenvalue weighted by Gasteiger charge is -2.36. The van der Waals surface area contributed by atoms with Gasteiger partial charge in [0.15, 0.2) is 6.10 Å². The molecule has 0 aliphatic carbocycles. The molecule has 0 bridgehead atoms. The van der Waals surface area contributed by atoms with Crippen molar-refractivity contribution in [1.29, 1.82) is 0 Å². The number of nitrogens with zero attached hydrogens (tertiary/aromatic N) is 3. The van der Waals surface area contributed by atoms with E-state index in [1.54, 1.807) is 18.7 Å². The molecule has 2 heterocycles. The van der Waals surface area contributed by atoms with Gasteiger partial charge >= 0.3 is 12.1 Å². The summed E-state index contributed by atoms with van der Waals surface area (Å²) in [6.45, 7) is 13.9. The number of amides is 1. The van der Waals surface area contributed by atoms with Crippen molar-refractivity contribution in [2.45, 2.75) is 78.6 Å². The molecule has 9 nitrogen and oxygen atoms in total. The van der Waals surface area contributed by atoms with Crippen LogP contribution in [0.5, 0.6) is 5.88 Å². The van der Waals surface area contributed by atoms with E-state index in [9.17, 15) is 9.59 Å². The van der Waals surface area contributed by atoms with E-state index in [0.29, 0.717) is 24.4 Å². The molecule has 1 aliphatic rings. The molecule has 0 saturated carbocycles. The highest BCUT2D eigenvalue weighted by molar-refractivity contribution is 5.74. The van der Waals surface area contributed by atoms with Crippen molar-refractivity contribution in [3.05, 3.63) is 41.1 Å². The number of fused-ring (bicyclic) bond motifs is 1. The van der Waals surface area contributed by atoms with Gasteiger partial charge in [0.25, 0.3) is 0 Å². The quantitative estimate of drug-likeness (QED) is 0.586. The maximum Gasteiger partial charge on any atom is 0.410 e. The van der Waals surface area contributed by atoms with Crippen LogP contribution in [0.2, 0.25) is 0 Å². The van der Waals surface area contributed by atoms with Gasteiger partial charge < -0.3 is 19.9 Å². The Morgan fingerprint density at radius 2 is 1.83 bits per heavy atom. The van der Waals surface area contributed by atoms with Crippen molar-refractivity contribution in [3.8, 4) is 11.6 Å². The first kappa shape index (κ1) is 26.5. The van der Waals surface area contributed by atoms with Gasteiger partial charge in [-0.25, -0.2) is 14.3 Å². The van der Waals surface area contributed by atoms with Crippen molar-refractivity contribution in [2.24, 2.45) is 5.73 Å². The number of benzene rings is 1. The van der Waals surface area contributed by atoms with Crippen LogP contribution in [0.1, 0.15) is 77.2 Å². The van der Waals surface area contributed by atoms with Gasteiger partial charge in [0, 0.05) is 19.5 Å². The Morgan fingerprint density at radius 3 is 2.37 bits per heavy atom. The van der Waals surface area contributed by atoms with Gasteiger partial charge in [0.2, 0.25) is 5.88 Å². The predicted molar refractivity (Wildman–Crippen MR) is 133 cm³/mol. The summed E-state index contributed by atoms with van der Waals surface area (Å²) < 4.78 is 18.6. The highest BCUT2D eigenvalue weighted by atomic mass is 16.6. The van der Waals surface area contributed by atoms with E-state index in [1.807, 2.05) is 37.6 Å². The van der Waals surface area contributed by atoms with Gasteiger partial charge in [0.1, 0.15) is 5.60 Å². The second-order valence-corrected chi connectivity index (χ2v) is 10.0. The molecule has 2 N–H and O–H groups in total. The minimum Gasteiger partial charge on any atom is -0.463 e. The molecular weight excluding hydrogens is 448 g/mol. The zero-order valence-electron chi connectivity index (χ0n) is 21.8. The van der Waals surface area contributed by atoms with Crippen LogP contribution in [0, 0.1) is 0 Å². The fourth-order valence-electron chi connectivity index (χ4n) is 4.12. The van der Waals surface area contributed by atoms with Crippen LogP contribution in [-0.4, -0.2) is 58.1 Å². The monoisotopic (exact) mass is 486 g/mol. The largest absolute Gasteiger partial charge is 0.463 e. The second kappa shape index (κ2) is 10.7. The first-order valence-electron chi connectivity index (χ1n) is 12.2. The molecule has 1 aromatic carbocycles. The number of ether oxygens (including phenoxy) is 3. The molecule has 2 atom stereocenters. The minimum atomic E-state index is -0.874. The molecule has 192 valence electrons. The summed E-state index contributed by atoms with van der Waals surface area (Å²) in [4.78, 5) is 26.9. The van der Waals surface area contributed by atoms with Crippen LogP contribution in [0.25, 0.3) is 5.69 Å². The van der Waals surface area contributed by atoms with Crippen LogP contribution < -0.4 is 10.5 Å². The standard InChI is InChI=1S/C26H38N4O5/c1-8-33-24(31)17(4)34-23-22-20(30(28-23)19-11-9-18(10-12-19)16(2)3)13-14-29(21(22)15-27)25(32)35-26(5,6)7/h9-12,16-17,21H,8,13-15,27H2,1-7H3. The van der Waals surface area contributed by atoms with E-state index < -0.39 is 29.8 Å². The third-order valence-corrected chi connectivity index (χ3v) is 5.85. The lowest BCUT2D eigenvalue weighted by molar-refractivity contribution is -0.150. The SMILES string of the molecule is CCOC(=O)C(C)Oc1nn(-c2ccc(C(C)C)cc2)c2c1C(CN)N(C(=O)OC(C)(C)C)CC2. The van der Waals surface area contributed by atoms with Gasteiger partial charge in [0.05, 0.1) is 29.6 Å². The Bertz CT molecular complexity index is 1040. The van der Waals surface area contributed by atoms with Crippen molar-refractivity contribution in [2.75, 3.05) is 19.7 Å². The number of nitrogens with two attached hydrogens (primary N) is 1. The van der Waals surface area contributed by atoms with Crippen molar-refractivity contribution in [1.82, 2.24) is 14.7 Å². The zero-order chi connectivity index (χ0) is 25.9. The van der Waals surface area contributed by atoms with E-state index in [1.165, 1.54) is 5.56 Å². The van der Waals surface area contributed by atoms with E-state index in [0.717, 1.165) is 11.4 Å². The molecule has 1 aliphatic heterocycles. The van der Waals surface area contributed by atoms with Crippen LogP contribution in [0.15, 0.2) is 24.3 Å². The van der Waals surface area contributed by atoms with E-state index in [-0.39, 0.29) is 19.0 Å². The van der Waals surface area contributed by atoms with Gasteiger partial charge in [-0.05, 0) is 58.2 Å². The summed E-state index contributed by atoms with van der Waals surface area (Å²) >= 11 is 0. The molecule has 0 fully saturated rings. The van der Waals surface area contributed by atoms with Gasteiger partial charge in [-0.15, -0.1) is 5.10 Å². The average Bonchev–Trinajstić information content (AvgIpc) is 3.15. The first-order valence-corrected chi connectivity index (χ1v) is 12.2. The second-order valence-electron chi connectivity index (χ2n) is 10.0. The molecule has 2 unspecified atom stereocenters. The predicted octanol–water partition coefficient (Wildman–Crippen LogP) is 4.12. The van der Waals surface area contributed by atoms with E-state index >= 15 is 0 Å². The van der Waals surface area contributed by atoms with E-state index in [4.69, 9.17) is 25.0 Å². The number of esters is 1. The zero-order valence-corrected chi connectivity index (χ0v) is 21.8. The molecule has 35 heavy (non-hydrogen) atoms. The lowest BCUT2D eigenvalue weighted by Crippen LogP contribution is -2.45. The number of carbonyl (C=O) groups excluding carboxylic acids is 2.